The standard InChI is InChI=1S/C13H19NO2/c1-8(2)9-6-10(12(15)16)11(14-7-9)13(3,4)5/h6-8H,1-5H3,(H,15,16). The van der Waals surface area contributed by atoms with Gasteiger partial charge in [-0.25, -0.2) is 4.79 Å². The van der Waals surface area contributed by atoms with Gasteiger partial charge in [0.15, 0.2) is 0 Å². The van der Waals surface area contributed by atoms with Crippen molar-refractivity contribution in [2.45, 2.75) is 46.0 Å². The van der Waals surface area contributed by atoms with Crippen LogP contribution in [0.2, 0.25) is 0 Å². The molecule has 0 aliphatic carbocycles. The average Bonchev–Trinajstić information content (AvgIpc) is 2.15. The molecule has 3 heteroatoms. The molecule has 1 aromatic rings. The van der Waals surface area contributed by atoms with Crippen molar-refractivity contribution in [1.29, 1.82) is 0 Å². The van der Waals surface area contributed by atoms with Crippen LogP contribution in [-0.2, 0) is 5.41 Å². The molecule has 3 nitrogen and oxygen atoms in total. The van der Waals surface area contributed by atoms with Crippen LogP contribution in [0, 0.1) is 0 Å². The molecule has 16 heavy (non-hydrogen) atoms. The summed E-state index contributed by atoms with van der Waals surface area (Å²) in [6.07, 6.45) is 1.78. The number of aromatic nitrogens is 1. The van der Waals surface area contributed by atoms with Crippen molar-refractivity contribution >= 4 is 5.97 Å². The Morgan fingerprint density at radius 2 is 1.94 bits per heavy atom. The molecule has 0 spiro atoms. The fourth-order valence-electron chi connectivity index (χ4n) is 1.56. The normalized spacial score (nSPS) is 11.9. The lowest BCUT2D eigenvalue weighted by Crippen LogP contribution is -2.19. The summed E-state index contributed by atoms with van der Waals surface area (Å²) in [6, 6.07) is 1.74. The smallest absolute Gasteiger partial charge is 0.337 e. The van der Waals surface area contributed by atoms with E-state index in [2.05, 4.69) is 4.98 Å². The van der Waals surface area contributed by atoms with Crippen molar-refractivity contribution in [3.63, 3.8) is 0 Å². The molecule has 0 aliphatic rings. The van der Waals surface area contributed by atoms with Crippen molar-refractivity contribution in [1.82, 2.24) is 4.98 Å². The Balaban J connectivity index is 3.37. The Morgan fingerprint density at radius 1 is 1.38 bits per heavy atom. The van der Waals surface area contributed by atoms with Gasteiger partial charge in [-0.15, -0.1) is 0 Å². The number of carboxylic acids is 1. The third-order valence-corrected chi connectivity index (χ3v) is 2.52. The average molecular weight is 221 g/mol. The maximum absolute atomic E-state index is 11.2. The Labute approximate surface area is 96.5 Å². The first-order valence-electron chi connectivity index (χ1n) is 5.47. The Kier molecular flexibility index (Phi) is 3.36. The lowest BCUT2D eigenvalue weighted by Gasteiger charge is -2.21. The van der Waals surface area contributed by atoms with Gasteiger partial charge >= 0.3 is 5.97 Å². The Morgan fingerprint density at radius 3 is 2.31 bits per heavy atom. The zero-order valence-corrected chi connectivity index (χ0v) is 10.5. The summed E-state index contributed by atoms with van der Waals surface area (Å²) in [5, 5.41) is 9.20. The third-order valence-electron chi connectivity index (χ3n) is 2.52. The van der Waals surface area contributed by atoms with Crippen LogP contribution in [0.25, 0.3) is 0 Å². The van der Waals surface area contributed by atoms with Crippen LogP contribution in [0.5, 0.6) is 0 Å². The summed E-state index contributed by atoms with van der Waals surface area (Å²) in [5.74, 6) is -0.612. The van der Waals surface area contributed by atoms with E-state index in [-0.39, 0.29) is 5.41 Å². The highest BCUT2D eigenvalue weighted by atomic mass is 16.4. The molecule has 0 atom stereocenters. The number of hydrogen-bond acceptors (Lipinski definition) is 2. The van der Waals surface area contributed by atoms with Crippen LogP contribution >= 0.6 is 0 Å². The second kappa shape index (κ2) is 4.24. The molecule has 0 amide bonds. The first-order valence-corrected chi connectivity index (χ1v) is 5.47. The van der Waals surface area contributed by atoms with Gasteiger partial charge in [-0.05, 0) is 17.5 Å². The molecule has 1 N–H and O–H groups in total. The van der Waals surface area contributed by atoms with E-state index in [4.69, 9.17) is 0 Å². The van der Waals surface area contributed by atoms with Crippen LogP contribution < -0.4 is 0 Å². The maximum atomic E-state index is 11.2. The number of nitrogens with zero attached hydrogens (tertiary/aromatic N) is 1. The minimum Gasteiger partial charge on any atom is -0.478 e. The van der Waals surface area contributed by atoms with Gasteiger partial charge in [-0.1, -0.05) is 34.6 Å². The monoisotopic (exact) mass is 221 g/mol. The highest BCUT2D eigenvalue weighted by Crippen LogP contribution is 2.26. The van der Waals surface area contributed by atoms with E-state index < -0.39 is 5.97 Å². The highest BCUT2D eigenvalue weighted by molar-refractivity contribution is 5.89. The number of rotatable bonds is 2. The van der Waals surface area contributed by atoms with Crippen LogP contribution in [0.1, 0.15) is 62.2 Å². The Hall–Kier alpha value is -1.38. The van der Waals surface area contributed by atoms with E-state index in [1.165, 1.54) is 0 Å². The quantitative estimate of drug-likeness (QED) is 0.834. The van der Waals surface area contributed by atoms with Gasteiger partial charge in [-0.2, -0.15) is 0 Å². The van der Waals surface area contributed by atoms with Gasteiger partial charge < -0.3 is 5.11 Å². The molecular formula is C13H19NO2. The molecule has 0 radical (unpaired) electrons. The first-order chi connectivity index (χ1) is 7.23. The van der Waals surface area contributed by atoms with Crippen molar-refractivity contribution in [3.05, 3.63) is 29.1 Å². The number of pyridine rings is 1. The van der Waals surface area contributed by atoms with Crippen LogP contribution in [-0.4, -0.2) is 16.1 Å². The molecule has 0 unspecified atom stereocenters. The van der Waals surface area contributed by atoms with Crippen LogP contribution in [0.3, 0.4) is 0 Å². The van der Waals surface area contributed by atoms with Crippen molar-refractivity contribution in [2.24, 2.45) is 0 Å². The van der Waals surface area contributed by atoms with Gasteiger partial charge in [0.25, 0.3) is 0 Å². The van der Waals surface area contributed by atoms with E-state index in [1.807, 2.05) is 34.6 Å². The van der Waals surface area contributed by atoms with Crippen molar-refractivity contribution < 1.29 is 9.90 Å². The largest absolute Gasteiger partial charge is 0.478 e. The Bertz CT molecular complexity index is 403. The van der Waals surface area contributed by atoms with Gasteiger partial charge in [0.1, 0.15) is 0 Å². The molecule has 0 saturated carbocycles. The summed E-state index contributed by atoms with van der Waals surface area (Å²) in [4.78, 5) is 15.5. The molecule has 0 fully saturated rings. The molecule has 0 bridgehead atoms. The molecule has 1 heterocycles. The summed E-state index contributed by atoms with van der Waals surface area (Å²) < 4.78 is 0. The summed E-state index contributed by atoms with van der Waals surface area (Å²) >= 11 is 0. The summed E-state index contributed by atoms with van der Waals surface area (Å²) in [7, 11) is 0. The van der Waals surface area contributed by atoms with E-state index >= 15 is 0 Å². The lowest BCUT2D eigenvalue weighted by atomic mass is 9.87. The molecule has 0 aliphatic heterocycles. The zero-order chi connectivity index (χ0) is 12.5. The van der Waals surface area contributed by atoms with Gasteiger partial charge in [0.05, 0.1) is 11.3 Å². The molecule has 0 aromatic carbocycles. The predicted octanol–water partition coefficient (Wildman–Crippen LogP) is 3.20. The van der Waals surface area contributed by atoms with Crippen LogP contribution in [0.4, 0.5) is 0 Å². The van der Waals surface area contributed by atoms with Crippen LogP contribution in [0.15, 0.2) is 12.3 Å². The van der Waals surface area contributed by atoms with Crippen molar-refractivity contribution in [2.75, 3.05) is 0 Å². The SMILES string of the molecule is CC(C)c1cnc(C(C)(C)C)c(C(=O)O)c1. The fourth-order valence-corrected chi connectivity index (χ4v) is 1.56. The zero-order valence-electron chi connectivity index (χ0n) is 10.5. The minimum absolute atomic E-state index is 0.247. The van der Waals surface area contributed by atoms with Gasteiger partial charge in [0, 0.05) is 11.6 Å². The highest BCUT2D eigenvalue weighted by Gasteiger charge is 2.23. The molecule has 88 valence electrons. The van der Waals surface area contributed by atoms with Crippen molar-refractivity contribution in [3.8, 4) is 0 Å². The molecular weight excluding hydrogens is 202 g/mol. The number of hydrogen-bond donors (Lipinski definition) is 1. The molecule has 1 aromatic heterocycles. The first kappa shape index (κ1) is 12.7. The third kappa shape index (κ3) is 2.60. The van der Waals surface area contributed by atoms with Gasteiger partial charge in [-0.3, -0.25) is 4.98 Å². The maximum Gasteiger partial charge on any atom is 0.337 e. The number of carboxylic acid groups (broad SMARTS) is 1. The fraction of sp³-hybridized carbons (Fsp3) is 0.538. The number of aromatic carboxylic acids is 1. The summed E-state index contributed by atoms with van der Waals surface area (Å²) in [5.41, 5.74) is 1.68. The van der Waals surface area contributed by atoms with E-state index in [9.17, 15) is 9.90 Å². The summed E-state index contributed by atoms with van der Waals surface area (Å²) in [6.45, 7) is 9.96. The second-order valence-electron chi connectivity index (χ2n) is 5.37. The van der Waals surface area contributed by atoms with E-state index in [0.29, 0.717) is 17.2 Å². The minimum atomic E-state index is -0.903. The second-order valence-corrected chi connectivity index (χ2v) is 5.37. The topological polar surface area (TPSA) is 50.2 Å². The van der Waals surface area contributed by atoms with E-state index in [1.54, 1.807) is 12.3 Å². The van der Waals surface area contributed by atoms with Gasteiger partial charge in [0.2, 0.25) is 0 Å². The van der Waals surface area contributed by atoms with E-state index in [0.717, 1.165) is 5.56 Å². The lowest BCUT2D eigenvalue weighted by molar-refractivity contribution is 0.0693. The molecule has 1 rings (SSSR count). The molecule has 0 saturated heterocycles. The predicted molar refractivity (Wildman–Crippen MR) is 64.0 cm³/mol. The number of carbonyl (C=O) groups is 1.